The summed E-state index contributed by atoms with van der Waals surface area (Å²) in [7, 11) is 1.84. The van der Waals surface area contributed by atoms with Crippen molar-refractivity contribution >= 4 is 0 Å². The van der Waals surface area contributed by atoms with Crippen LogP contribution < -0.4 is 0 Å². The van der Waals surface area contributed by atoms with Gasteiger partial charge in [0.1, 0.15) is 0 Å². The molecular formula is C18H35O. The van der Waals surface area contributed by atoms with Gasteiger partial charge in [-0.25, -0.2) is 0 Å². The molecule has 1 nitrogen and oxygen atoms in total. The molecule has 0 fully saturated rings. The van der Waals surface area contributed by atoms with Crippen molar-refractivity contribution in [1.82, 2.24) is 0 Å². The number of allylic oxidation sites excluding steroid dienone is 1. The first-order chi connectivity index (χ1) is 9.35. The van der Waals surface area contributed by atoms with Crippen molar-refractivity contribution < 1.29 is 4.74 Å². The second-order valence-electron chi connectivity index (χ2n) is 5.47. The fraction of sp³-hybridized carbons (Fsp3) is 0.833. The molecule has 0 N–H and O–H groups in total. The largest absolute Gasteiger partial charge is 0.381 e. The van der Waals surface area contributed by atoms with Gasteiger partial charge in [0.05, 0.1) is 6.10 Å². The second-order valence-corrected chi connectivity index (χ2v) is 5.47. The lowest BCUT2D eigenvalue weighted by Crippen LogP contribution is -2.08. The summed E-state index contributed by atoms with van der Waals surface area (Å²) in [6.07, 6.45) is 20.3. The minimum Gasteiger partial charge on any atom is -0.381 e. The molecule has 0 rings (SSSR count). The van der Waals surface area contributed by atoms with Crippen molar-refractivity contribution in [2.75, 3.05) is 7.11 Å². The van der Waals surface area contributed by atoms with Crippen LogP contribution in [0.3, 0.4) is 0 Å². The van der Waals surface area contributed by atoms with E-state index in [-0.39, 0.29) is 0 Å². The molecule has 0 saturated heterocycles. The summed E-state index contributed by atoms with van der Waals surface area (Å²) in [5.41, 5.74) is 0. The number of ether oxygens (including phenoxy) is 1. The number of rotatable bonds is 14. The van der Waals surface area contributed by atoms with Gasteiger partial charge < -0.3 is 4.74 Å². The molecule has 1 unspecified atom stereocenters. The summed E-state index contributed by atoms with van der Waals surface area (Å²) >= 11 is 0. The lowest BCUT2D eigenvalue weighted by Gasteiger charge is -2.12. The molecule has 0 spiro atoms. The standard InChI is InChI=1S/C18H35O/c1-4-6-8-10-11-12-13-15-17-18(19-3)16-14-9-7-5-2/h13,15,18H,1,4-12,14,16-17H2,2-3H3. The maximum Gasteiger partial charge on any atom is 0.0605 e. The van der Waals surface area contributed by atoms with E-state index in [2.05, 4.69) is 26.0 Å². The Hall–Kier alpha value is -0.300. The number of hydrogen-bond donors (Lipinski definition) is 0. The molecule has 0 saturated carbocycles. The maximum absolute atomic E-state index is 5.53. The van der Waals surface area contributed by atoms with Gasteiger partial charge in [0.2, 0.25) is 0 Å². The van der Waals surface area contributed by atoms with Crippen LogP contribution >= 0.6 is 0 Å². The van der Waals surface area contributed by atoms with Crippen LogP contribution in [0.5, 0.6) is 0 Å². The Kier molecular flexibility index (Phi) is 15.5. The highest BCUT2D eigenvalue weighted by molar-refractivity contribution is 4.84. The number of methoxy groups -OCH3 is 1. The molecule has 0 aliphatic rings. The van der Waals surface area contributed by atoms with Gasteiger partial charge in [-0.15, -0.1) is 0 Å². The Balaban J connectivity index is 3.42. The highest BCUT2D eigenvalue weighted by atomic mass is 16.5. The molecule has 0 aliphatic heterocycles. The molecule has 19 heavy (non-hydrogen) atoms. The van der Waals surface area contributed by atoms with Gasteiger partial charge in [0.25, 0.3) is 0 Å². The smallest absolute Gasteiger partial charge is 0.0605 e. The van der Waals surface area contributed by atoms with Crippen LogP contribution in [0.2, 0.25) is 0 Å². The van der Waals surface area contributed by atoms with Crippen LogP contribution in [-0.2, 0) is 4.74 Å². The maximum atomic E-state index is 5.53. The Morgan fingerprint density at radius 1 is 0.947 bits per heavy atom. The molecule has 1 atom stereocenters. The molecule has 113 valence electrons. The number of hydrogen-bond acceptors (Lipinski definition) is 1. The van der Waals surface area contributed by atoms with E-state index >= 15 is 0 Å². The zero-order valence-corrected chi connectivity index (χ0v) is 13.3. The Labute approximate surface area is 121 Å². The van der Waals surface area contributed by atoms with Gasteiger partial charge in [0.15, 0.2) is 0 Å². The predicted molar refractivity (Wildman–Crippen MR) is 86.4 cm³/mol. The fourth-order valence-electron chi connectivity index (χ4n) is 2.29. The van der Waals surface area contributed by atoms with Gasteiger partial charge in [-0.05, 0) is 25.7 Å². The molecule has 0 aromatic heterocycles. The fourth-order valence-corrected chi connectivity index (χ4v) is 2.29. The van der Waals surface area contributed by atoms with Crippen LogP contribution in [-0.4, -0.2) is 13.2 Å². The topological polar surface area (TPSA) is 9.23 Å². The molecule has 0 aliphatic carbocycles. The van der Waals surface area contributed by atoms with Crippen LogP contribution in [0.25, 0.3) is 0 Å². The van der Waals surface area contributed by atoms with Crippen LogP contribution in [0.15, 0.2) is 12.2 Å². The zero-order chi connectivity index (χ0) is 14.2. The third-order valence-electron chi connectivity index (χ3n) is 3.65. The van der Waals surface area contributed by atoms with Gasteiger partial charge in [-0.2, -0.15) is 0 Å². The van der Waals surface area contributed by atoms with E-state index in [0.717, 1.165) is 12.8 Å². The van der Waals surface area contributed by atoms with Crippen molar-refractivity contribution in [2.45, 2.75) is 90.1 Å². The van der Waals surface area contributed by atoms with Gasteiger partial charge in [-0.3, -0.25) is 0 Å². The Bertz CT molecular complexity index is 186. The number of unbranched alkanes of at least 4 members (excludes halogenated alkanes) is 8. The lowest BCUT2D eigenvalue weighted by atomic mass is 10.1. The minimum absolute atomic E-state index is 0.430. The van der Waals surface area contributed by atoms with Crippen molar-refractivity contribution in [3.63, 3.8) is 0 Å². The molecular weight excluding hydrogens is 232 g/mol. The summed E-state index contributed by atoms with van der Waals surface area (Å²) in [4.78, 5) is 0. The van der Waals surface area contributed by atoms with Gasteiger partial charge in [-0.1, -0.05) is 77.4 Å². The van der Waals surface area contributed by atoms with E-state index in [1.807, 2.05) is 7.11 Å². The van der Waals surface area contributed by atoms with Crippen molar-refractivity contribution in [1.29, 1.82) is 0 Å². The van der Waals surface area contributed by atoms with E-state index in [9.17, 15) is 0 Å². The van der Waals surface area contributed by atoms with E-state index < -0.39 is 0 Å². The van der Waals surface area contributed by atoms with Crippen molar-refractivity contribution in [3.05, 3.63) is 19.1 Å². The normalized spacial score (nSPS) is 13.2. The van der Waals surface area contributed by atoms with E-state index in [4.69, 9.17) is 4.74 Å². The van der Waals surface area contributed by atoms with Crippen LogP contribution in [0, 0.1) is 6.92 Å². The predicted octanol–water partition coefficient (Wildman–Crippen LogP) is 6.09. The first-order valence-electron chi connectivity index (χ1n) is 8.32. The second kappa shape index (κ2) is 15.8. The lowest BCUT2D eigenvalue weighted by molar-refractivity contribution is 0.0952. The Morgan fingerprint density at radius 2 is 1.68 bits per heavy atom. The summed E-state index contributed by atoms with van der Waals surface area (Å²) in [5, 5.41) is 0. The highest BCUT2D eigenvalue weighted by Crippen LogP contribution is 2.12. The molecule has 0 heterocycles. The van der Waals surface area contributed by atoms with Crippen molar-refractivity contribution in [2.24, 2.45) is 0 Å². The first kappa shape index (κ1) is 18.7. The van der Waals surface area contributed by atoms with Gasteiger partial charge in [0, 0.05) is 7.11 Å². The average Bonchev–Trinajstić information content (AvgIpc) is 2.44. The molecule has 0 amide bonds. The Morgan fingerprint density at radius 3 is 2.37 bits per heavy atom. The van der Waals surface area contributed by atoms with Gasteiger partial charge >= 0.3 is 0 Å². The van der Waals surface area contributed by atoms with Crippen LogP contribution in [0.4, 0.5) is 0 Å². The molecule has 1 heteroatoms. The van der Waals surface area contributed by atoms with Crippen molar-refractivity contribution in [3.8, 4) is 0 Å². The minimum atomic E-state index is 0.430. The van der Waals surface area contributed by atoms with E-state index in [0.29, 0.717) is 6.10 Å². The third kappa shape index (κ3) is 13.9. The molecule has 0 aromatic rings. The summed E-state index contributed by atoms with van der Waals surface area (Å²) in [5.74, 6) is 0. The monoisotopic (exact) mass is 267 g/mol. The first-order valence-corrected chi connectivity index (χ1v) is 8.32. The van der Waals surface area contributed by atoms with E-state index in [1.165, 1.54) is 64.2 Å². The summed E-state index contributed by atoms with van der Waals surface area (Å²) in [6, 6.07) is 0. The quantitative estimate of drug-likeness (QED) is 0.273. The SMILES string of the molecule is [CH2]CCCCCCC=CCC(CCCCCC)OC. The summed E-state index contributed by atoms with van der Waals surface area (Å²) < 4.78 is 5.53. The average molecular weight is 267 g/mol. The van der Waals surface area contributed by atoms with Crippen LogP contribution in [0.1, 0.15) is 84.0 Å². The third-order valence-corrected chi connectivity index (χ3v) is 3.65. The highest BCUT2D eigenvalue weighted by Gasteiger charge is 2.03. The zero-order valence-electron chi connectivity index (χ0n) is 13.3. The van der Waals surface area contributed by atoms with E-state index in [1.54, 1.807) is 0 Å². The molecule has 0 bridgehead atoms. The molecule has 0 aromatic carbocycles. The molecule has 1 radical (unpaired) electrons. The summed E-state index contributed by atoms with van der Waals surface area (Å²) in [6.45, 7) is 6.13.